The predicted molar refractivity (Wildman–Crippen MR) is 70.4 cm³/mol. The van der Waals surface area contributed by atoms with Gasteiger partial charge in [0.2, 0.25) is 0 Å². The fourth-order valence-electron chi connectivity index (χ4n) is 2.26. The zero-order valence-electron chi connectivity index (χ0n) is 11.2. The number of allylic oxidation sites excluding steroid dienone is 4. The Morgan fingerprint density at radius 2 is 1.75 bits per heavy atom. The maximum absolute atomic E-state index is 10.1. The third-order valence-corrected chi connectivity index (χ3v) is 3.67. The Hall–Kier alpha value is -0.560. The van der Waals surface area contributed by atoms with Crippen molar-refractivity contribution in [2.45, 2.75) is 65.4 Å². The summed E-state index contributed by atoms with van der Waals surface area (Å²) in [5.41, 5.74) is 2.38. The minimum atomic E-state index is -0.559. The van der Waals surface area contributed by atoms with Gasteiger partial charge in [0.05, 0.1) is 5.60 Å². The second-order valence-electron chi connectivity index (χ2n) is 5.76. The first-order valence-electron chi connectivity index (χ1n) is 6.43. The van der Waals surface area contributed by atoms with E-state index in [1.54, 1.807) is 0 Å². The molecule has 0 radical (unpaired) electrons. The van der Waals surface area contributed by atoms with Gasteiger partial charge in [-0.2, -0.15) is 0 Å². The molecule has 0 saturated carbocycles. The lowest BCUT2D eigenvalue weighted by atomic mass is 9.82. The van der Waals surface area contributed by atoms with Gasteiger partial charge in [-0.1, -0.05) is 23.3 Å². The first-order chi connectivity index (χ1) is 7.39. The average molecular weight is 222 g/mol. The molecule has 1 rings (SSSR count). The Labute approximate surface area is 100 Å². The zero-order valence-corrected chi connectivity index (χ0v) is 11.2. The molecule has 0 aromatic heterocycles. The number of hydrogen-bond acceptors (Lipinski definition) is 1. The van der Waals surface area contributed by atoms with E-state index in [0.717, 1.165) is 25.7 Å². The van der Waals surface area contributed by atoms with Crippen molar-refractivity contribution in [1.82, 2.24) is 0 Å². The van der Waals surface area contributed by atoms with Crippen molar-refractivity contribution in [2.75, 3.05) is 0 Å². The minimum absolute atomic E-state index is 0.379. The molecular formula is C15H26O. The van der Waals surface area contributed by atoms with E-state index in [2.05, 4.69) is 26.0 Å². The van der Waals surface area contributed by atoms with Gasteiger partial charge in [-0.05, 0) is 65.7 Å². The van der Waals surface area contributed by atoms with Crippen molar-refractivity contribution in [1.29, 1.82) is 0 Å². The van der Waals surface area contributed by atoms with Crippen LogP contribution in [0.1, 0.15) is 59.8 Å². The van der Waals surface area contributed by atoms with E-state index in [-0.39, 0.29) is 0 Å². The second-order valence-corrected chi connectivity index (χ2v) is 5.76. The number of aliphatic hydroxyl groups is 1. The first-order valence-corrected chi connectivity index (χ1v) is 6.43. The van der Waals surface area contributed by atoms with E-state index in [9.17, 15) is 5.11 Å². The Morgan fingerprint density at radius 3 is 2.38 bits per heavy atom. The Bertz CT molecular complexity index is 278. The largest absolute Gasteiger partial charge is 0.390 e. The highest BCUT2D eigenvalue weighted by Crippen LogP contribution is 2.29. The lowest BCUT2D eigenvalue weighted by Crippen LogP contribution is -2.30. The van der Waals surface area contributed by atoms with Crippen LogP contribution in [0.5, 0.6) is 0 Å². The van der Waals surface area contributed by atoms with E-state index < -0.39 is 5.60 Å². The smallest absolute Gasteiger partial charge is 0.0622 e. The van der Waals surface area contributed by atoms with Gasteiger partial charge in [0.15, 0.2) is 0 Å². The van der Waals surface area contributed by atoms with Crippen LogP contribution in [-0.2, 0) is 0 Å². The maximum Gasteiger partial charge on any atom is 0.0622 e. The zero-order chi connectivity index (χ0) is 12.2. The van der Waals surface area contributed by atoms with Gasteiger partial charge in [0, 0.05) is 0 Å². The summed E-state index contributed by atoms with van der Waals surface area (Å²) in [7, 11) is 0. The molecule has 0 saturated heterocycles. The normalized spacial score (nSPS) is 24.7. The summed E-state index contributed by atoms with van der Waals surface area (Å²) in [6.07, 6.45) is 10.2. The molecule has 0 aliphatic heterocycles. The molecule has 1 aliphatic carbocycles. The van der Waals surface area contributed by atoms with Gasteiger partial charge in [-0.25, -0.2) is 0 Å². The molecule has 0 heterocycles. The maximum atomic E-state index is 10.1. The van der Waals surface area contributed by atoms with Crippen molar-refractivity contribution in [3.8, 4) is 0 Å². The van der Waals surface area contributed by atoms with Gasteiger partial charge in [-0.3, -0.25) is 0 Å². The highest BCUT2D eigenvalue weighted by atomic mass is 16.3. The standard InChI is InChI=1S/C15H26O/c1-12-6-5-7-13(2)9-11-14(10-8-12)15(3,4)16/h6,9,14,16H,5,7-8,10-11H2,1-4H3. The molecule has 1 aliphatic rings. The molecule has 0 aromatic carbocycles. The quantitative estimate of drug-likeness (QED) is 0.658. The molecule has 1 nitrogen and oxygen atoms in total. The molecule has 1 heteroatoms. The monoisotopic (exact) mass is 222 g/mol. The molecule has 0 spiro atoms. The minimum Gasteiger partial charge on any atom is -0.390 e. The Kier molecular flexibility index (Phi) is 4.79. The first kappa shape index (κ1) is 13.5. The lowest BCUT2D eigenvalue weighted by molar-refractivity contribution is 0.0145. The summed E-state index contributed by atoms with van der Waals surface area (Å²) >= 11 is 0. The molecule has 0 amide bonds. The van der Waals surface area contributed by atoms with Gasteiger partial charge in [0.1, 0.15) is 0 Å². The fraction of sp³-hybridized carbons (Fsp3) is 0.733. The SMILES string of the molecule is CC1=CCC(C(C)(C)O)CCC(C)=CCC1. The molecule has 0 bridgehead atoms. The van der Waals surface area contributed by atoms with E-state index >= 15 is 0 Å². The fourth-order valence-corrected chi connectivity index (χ4v) is 2.26. The van der Waals surface area contributed by atoms with Crippen LogP contribution in [0.3, 0.4) is 0 Å². The van der Waals surface area contributed by atoms with Crippen molar-refractivity contribution < 1.29 is 5.11 Å². The molecule has 0 aromatic rings. The van der Waals surface area contributed by atoms with Crippen LogP contribution < -0.4 is 0 Å². The third-order valence-electron chi connectivity index (χ3n) is 3.67. The van der Waals surface area contributed by atoms with Gasteiger partial charge in [-0.15, -0.1) is 0 Å². The van der Waals surface area contributed by atoms with Crippen molar-refractivity contribution >= 4 is 0 Å². The lowest BCUT2D eigenvalue weighted by Gasteiger charge is -2.29. The van der Waals surface area contributed by atoms with Crippen LogP contribution in [0.4, 0.5) is 0 Å². The van der Waals surface area contributed by atoms with Crippen LogP contribution in [0.15, 0.2) is 23.3 Å². The summed E-state index contributed by atoms with van der Waals surface area (Å²) in [6, 6.07) is 0. The van der Waals surface area contributed by atoms with Crippen LogP contribution in [-0.4, -0.2) is 10.7 Å². The molecule has 1 unspecified atom stereocenters. The summed E-state index contributed by atoms with van der Waals surface area (Å²) in [5.74, 6) is 0.379. The molecular weight excluding hydrogens is 196 g/mol. The third kappa shape index (κ3) is 4.52. The van der Waals surface area contributed by atoms with E-state index in [4.69, 9.17) is 0 Å². The van der Waals surface area contributed by atoms with E-state index in [1.165, 1.54) is 17.6 Å². The Balaban J connectivity index is 2.75. The molecule has 16 heavy (non-hydrogen) atoms. The highest BCUT2D eigenvalue weighted by molar-refractivity contribution is 5.06. The van der Waals surface area contributed by atoms with Gasteiger partial charge in [0.25, 0.3) is 0 Å². The van der Waals surface area contributed by atoms with Gasteiger partial charge < -0.3 is 5.11 Å². The number of rotatable bonds is 1. The number of hydrogen-bond donors (Lipinski definition) is 1. The summed E-state index contributed by atoms with van der Waals surface area (Å²) < 4.78 is 0. The summed E-state index contributed by atoms with van der Waals surface area (Å²) in [6.45, 7) is 8.28. The van der Waals surface area contributed by atoms with Crippen LogP contribution in [0, 0.1) is 5.92 Å². The van der Waals surface area contributed by atoms with E-state index in [0.29, 0.717) is 5.92 Å². The molecule has 1 N–H and O–H groups in total. The Morgan fingerprint density at radius 1 is 1.12 bits per heavy atom. The second kappa shape index (κ2) is 5.67. The van der Waals surface area contributed by atoms with Crippen LogP contribution in [0.2, 0.25) is 0 Å². The molecule has 0 fully saturated rings. The summed E-state index contributed by atoms with van der Waals surface area (Å²) in [5, 5.41) is 10.1. The van der Waals surface area contributed by atoms with Crippen LogP contribution >= 0.6 is 0 Å². The highest BCUT2D eigenvalue weighted by Gasteiger charge is 2.25. The molecule has 92 valence electrons. The van der Waals surface area contributed by atoms with Crippen molar-refractivity contribution in [3.63, 3.8) is 0 Å². The van der Waals surface area contributed by atoms with Gasteiger partial charge >= 0.3 is 0 Å². The van der Waals surface area contributed by atoms with Crippen LogP contribution in [0.25, 0.3) is 0 Å². The van der Waals surface area contributed by atoms with E-state index in [1.807, 2.05) is 13.8 Å². The topological polar surface area (TPSA) is 20.2 Å². The molecule has 1 atom stereocenters. The summed E-state index contributed by atoms with van der Waals surface area (Å²) in [4.78, 5) is 0. The van der Waals surface area contributed by atoms with Crippen molar-refractivity contribution in [3.05, 3.63) is 23.3 Å². The van der Waals surface area contributed by atoms with Crippen molar-refractivity contribution in [2.24, 2.45) is 5.92 Å². The predicted octanol–water partition coefficient (Wildman–Crippen LogP) is 4.23. The average Bonchev–Trinajstić information content (AvgIpc) is 2.15.